The molecule has 0 spiro atoms. The standard InChI is InChI=1S/C16H23NO2/c18-16-14(7-8-17-9-11-19-12-10-17)6-5-13-3-1-2-4-15(13)16/h1-4,14,16,18H,5-12H2. The topological polar surface area (TPSA) is 32.7 Å². The number of aryl methyl sites for hydroxylation is 1. The van der Waals surface area contributed by atoms with Crippen LogP contribution in [-0.2, 0) is 11.2 Å². The Morgan fingerprint density at radius 2 is 2.00 bits per heavy atom. The van der Waals surface area contributed by atoms with Crippen LogP contribution in [0, 0.1) is 5.92 Å². The van der Waals surface area contributed by atoms with Crippen molar-refractivity contribution in [3.8, 4) is 0 Å². The Labute approximate surface area is 115 Å². The van der Waals surface area contributed by atoms with Gasteiger partial charge in [0, 0.05) is 13.1 Å². The number of fused-ring (bicyclic) bond motifs is 1. The number of hydrogen-bond donors (Lipinski definition) is 1. The number of benzene rings is 1. The number of aliphatic hydroxyl groups is 1. The first-order valence-corrected chi connectivity index (χ1v) is 7.40. The van der Waals surface area contributed by atoms with Crippen LogP contribution in [0.15, 0.2) is 24.3 Å². The molecule has 0 aromatic heterocycles. The van der Waals surface area contributed by atoms with E-state index in [1.165, 1.54) is 5.56 Å². The fourth-order valence-corrected chi connectivity index (χ4v) is 3.28. The molecule has 1 fully saturated rings. The summed E-state index contributed by atoms with van der Waals surface area (Å²) >= 11 is 0. The Morgan fingerprint density at radius 3 is 2.84 bits per heavy atom. The van der Waals surface area contributed by atoms with Crippen molar-refractivity contribution in [2.75, 3.05) is 32.8 Å². The summed E-state index contributed by atoms with van der Waals surface area (Å²) in [7, 11) is 0. The fourth-order valence-electron chi connectivity index (χ4n) is 3.28. The maximum atomic E-state index is 10.5. The van der Waals surface area contributed by atoms with E-state index in [4.69, 9.17) is 4.74 Å². The molecule has 0 saturated carbocycles. The van der Waals surface area contributed by atoms with Gasteiger partial charge in [-0.15, -0.1) is 0 Å². The van der Waals surface area contributed by atoms with E-state index in [0.29, 0.717) is 5.92 Å². The summed E-state index contributed by atoms with van der Waals surface area (Å²) in [4.78, 5) is 2.46. The van der Waals surface area contributed by atoms with Gasteiger partial charge in [0.1, 0.15) is 0 Å². The van der Waals surface area contributed by atoms with Crippen molar-refractivity contribution in [1.82, 2.24) is 4.90 Å². The molecule has 3 rings (SSSR count). The van der Waals surface area contributed by atoms with Gasteiger partial charge in [0.15, 0.2) is 0 Å². The van der Waals surface area contributed by atoms with E-state index in [0.717, 1.165) is 57.7 Å². The highest BCUT2D eigenvalue weighted by Crippen LogP contribution is 2.36. The summed E-state index contributed by atoms with van der Waals surface area (Å²) in [5, 5.41) is 10.5. The molecular formula is C16H23NO2. The molecular weight excluding hydrogens is 238 g/mol. The van der Waals surface area contributed by atoms with Crippen LogP contribution in [-0.4, -0.2) is 42.9 Å². The minimum atomic E-state index is -0.272. The molecule has 1 aliphatic heterocycles. The van der Waals surface area contributed by atoms with Crippen molar-refractivity contribution >= 4 is 0 Å². The lowest BCUT2D eigenvalue weighted by Gasteiger charge is -2.33. The van der Waals surface area contributed by atoms with Gasteiger partial charge in [-0.25, -0.2) is 0 Å². The molecule has 0 bridgehead atoms. The molecule has 1 aromatic carbocycles. The van der Waals surface area contributed by atoms with Crippen molar-refractivity contribution in [3.05, 3.63) is 35.4 Å². The van der Waals surface area contributed by atoms with Crippen LogP contribution in [0.3, 0.4) is 0 Å². The van der Waals surface area contributed by atoms with Gasteiger partial charge in [-0.2, -0.15) is 0 Å². The quantitative estimate of drug-likeness (QED) is 0.903. The van der Waals surface area contributed by atoms with E-state index in [1.54, 1.807) is 0 Å². The third-order valence-electron chi connectivity index (χ3n) is 4.52. The summed E-state index contributed by atoms with van der Waals surface area (Å²) in [6, 6.07) is 8.34. The summed E-state index contributed by atoms with van der Waals surface area (Å²) in [6.45, 7) is 4.89. The summed E-state index contributed by atoms with van der Waals surface area (Å²) in [6.07, 6.45) is 3.05. The summed E-state index contributed by atoms with van der Waals surface area (Å²) < 4.78 is 5.37. The van der Waals surface area contributed by atoms with Crippen LogP contribution in [0.25, 0.3) is 0 Å². The molecule has 0 radical (unpaired) electrons. The number of morpholine rings is 1. The number of aliphatic hydroxyl groups excluding tert-OH is 1. The van der Waals surface area contributed by atoms with Gasteiger partial charge in [0.25, 0.3) is 0 Å². The largest absolute Gasteiger partial charge is 0.388 e. The lowest BCUT2D eigenvalue weighted by Crippen LogP contribution is -2.38. The highest BCUT2D eigenvalue weighted by molar-refractivity contribution is 5.31. The number of hydrogen-bond acceptors (Lipinski definition) is 3. The van der Waals surface area contributed by atoms with Crippen LogP contribution in [0.2, 0.25) is 0 Å². The van der Waals surface area contributed by atoms with E-state index in [9.17, 15) is 5.11 Å². The zero-order chi connectivity index (χ0) is 13.1. The maximum absolute atomic E-state index is 10.5. The van der Waals surface area contributed by atoms with Gasteiger partial charge < -0.3 is 9.84 Å². The minimum Gasteiger partial charge on any atom is -0.388 e. The van der Waals surface area contributed by atoms with Gasteiger partial charge in [-0.1, -0.05) is 24.3 Å². The smallest absolute Gasteiger partial charge is 0.0821 e. The third-order valence-corrected chi connectivity index (χ3v) is 4.52. The predicted molar refractivity (Wildman–Crippen MR) is 75.1 cm³/mol. The molecule has 2 atom stereocenters. The number of ether oxygens (including phenoxy) is 1. The van der Waals surface area contributed by atoms with E-state index < -0.39 is 0 Å². The van der Waals surface area contributed by atoms with Crippen LogP contribution >= 0.6 is 0 Å². The Bertz CT molecular complexity index is 415. The molecule has 1 aromatic rings. The fraction of sp³-hybridized carbons (Fsp3) is 0.625. The molecule has 1 N–H and O–H groups in total. The second kappa shape index (κ2) is 6.04. The number of rotatable bonds is 3. The highest BCUT2D eigenvalue weighted by Gasteiger charge is 2.27. The van der Waals surface area contributed by atoms with E-state index in [2.05, 4.69) is 23.1 Å². The SMILES string of the molecule is OC1c2ccccc2CCC1CCN1CCOCC1. The molecule has 3 nitrogen and oxygen atoms in total. The summed E-state index contributed by atoms with van der Waals surface area (Å²) in [5.41, 5.74) is 2.48. The molecule has 2 aliphatic rings. The van der Waals surface area contributed by atoms with Crippen molar-refractivity contribution in [1.29, 1.82) is 0 Å². The average Bonchev–Trinajstić information content (AvgIpc) is 2.48. The van der Waals surface area contributed by atoms with Gasteiger partial charge in [-0.3, -0.25) is 4.90 Å². The zero-order valence-corrected chi connectivity index (χ0v) is 11.4. The Morgan fingerprint density at radius 1 is 1.21 bits per heavy atom. The summed E-state index contributed by atoms with van der Waals surface area (Å²) in [5.74, 6) is 0.415. The average molecular weight is 261 g/mol. The highest BCUT2D eigenvalue weighted by atomic mass is 16.5. The molecule has 1 heterocycles. The second-order valence-corrected chi connectivity index (χ2v) is 5.69. The predicted octanol–water partition coefficient (Wildman–Crippen LogP) is 2.00. The van der Waals surface area contributed by atoms with E-state index in [1.807, 2.05) is 6.07 Å². The molecule has 104 valence electrons. The Kier molecular flexibility index (Phi) is 4.16. The van der Waals surface area contributed by atoms with Crippen molar-refractivity contribution in [2.24, 2.45) is 5.92 Å². The second-order valence-electron chi connectivity index (χ2n) is 5.69. The third kappa shape index (κ3) is 2.99. The first-order chi connectivity index (χ1) is 9.34. The van der Waals surface area contributed by atoms with Gasteiger partial charge >= 0.3 is 0 Å². The Balaban J connectivity index is 1.57. The lowest BCUT2D eigenvalue weighted by molar-refractivity contribution is 0.0265. The monoisotopic (exact) mass is 261 g/mol. The maximum Gasteiger partial charge on any atom is 0.0821 e. The number of nitrogens with zero attached hydrogens (tertiary/aromatic N) is 1. The first-order valence-electron chi connectivity index (χ1n) is 7.40. The lowest BCUT2D eigenvalue weighted by atomic mass is 9.80. The van der Waals surface area contributed by atoms with E-state index >= 15 is 0 Å². The molecule has 3 heteroatoms. The van der Waals surface area contributed by atoms with Crippen molar-refractivity contribution < 1.29 is 9.84 Å². The normalized spacial score (nSPS) is 28.1. The molecule has 1 saturated heterocycles. The van der Waals surface area contributed by atoms with Gasteiger partial charge in [0.2, 0.25) is 0 Å². The van der Waals surface area contributed by atoms with Crippen LogP contribution in [0.1, 0.15) is 30.1 Å². The van der Waals surface area contributed by atoms with Crippen LogP contribution < -0.4 is 0 Å². The van der Waals surface area contributed by atoms with Gasteiger partial charge in [0.05, 0.1) is 19.3 Å². The van der Waals surface area contributed by atoms with Crippen molar-refractivity contribution in [2.45, 2.75) is 25.4 Å². The molecule has 2 unspecified atom stereocenters. The Hall–Kier alpha value is -0.900. The molecule has 19 heavy (non-hydrogen) atoms. The molecule has 1 aliphatic carbocycles. The van der Waals surface area contributed by atoms with E-state index in [-0.39, 0.29) is 6.10 Å². The first kappa shape index (κ1) is 13.1. The zero-order valence-electron chi connectivity index (χ0n) is 11.4. The van der Waals surface area contributed by atoms with Crippen molar-refractivity contribution in [3.63, 3.8) is 0 Å². The van der Waals surface area contributed by atoms with Gasteiger partial charge in [-0.05, 0) is 42.9 Å². The van der Waals surface area contributed by atoms with Crippen LogP contribution in [0.4, 0.5) is 0 Å². The minimum absolute atomic E-state index is 0.272. The molecule has 0 amide bonds. The van der Waals surface area contributed by atoms with Crippen LogP contribution in [0.5, 0.6) is 0 Å².